The van der Waals surface area contributed by atoms with Gasteiger partial charge in [0.15, 0.2) is 0 Å². The van der Waals surface area contributed by atoms with Crippen molar-refractivity contribution in [1.82, 2.24) is 14.5 Å². The third-order valence-electron chi connectivity index (χ3n) is 7.63. The van der Waals surface area contributed by atoms with Gasteiger partial charge in [0.2, 0.25) is 21.8 Å². The molecule has 2 aliphatic rings. The topological polar surface area (TPSA) is 86.8 Å². The quantitative estimate of drug-likeness (QED) is 0.501. The van der Waals surface area contributed by atoms with E-state index in [2.05, 4.69) is 5.32 Å². The lowest BCUT2D eigenvalue weighted by Gasteiger charge is -2.41. The number of benzene rings is 2. The number of amides is 2. The van der Waals surface area contributed by atoms with Gasteiger partial charge in [-0.25, -0.2) is 8.42 Å². The van der Waals surface area contributed by atoms with Crippen LogP contribution in [0.15, 0.2) is 59.5 Å². The van der Waals surface area contributed by atoms with Gasteiger partial charge >= 0.3 is 0 Å². The summed E-state index contributed by atoms with van der Waals surface area (Å²) in [6.45, 7) is 5.03. The Morgan fingerprint density at radius 1 is 1.00 bits per heavy atom. The Kier molecular flexibility index (Phi) is 9.50. The summed E-state index contributed by atoms with van der Waals surface area (Å²) in [5.74, 6) is -0.415. The van der Waals surface area contributed by atoms with Crippen LogP contribution in [0.4, 0.5) is 0 Å². The Bertz CT molecular complexity index is 1200. The lowest BCUT2D eigenvalue weighted by molar-refractivity contribution is -0.138. The number of likely N-dealkylation sites (tertiary alicyclic amines) is 1. The predicted octanol–water partition coefficient (Wildman–Crippen LogP) is 4.85. The molecule has 0 aromatic heterocycles. The van der Waals surface area contributed by atoms with Crippen LogP contribution >= 0.6 is 11.6 Å². The molecule has 1 heterocycles. The molecule has 0 spiro atoms. The first-order valence-electron chi connectivity index (χ1n) is 13.6. The van der Waals surface area contributed by atoms with Crippen LogP contribution in [0, 0.1) is 11.8 Å². The van der Waals surface area contributed by atoms with Crippen molar-refractivity contribution in [2.75, 3.05) is 13.1 Å². The standard InChI is InChI=1S/C29H38ClN3O4S/c1-21(2)29(35)32-18-8-9-23(20-32)28(34)31-26-12-6-7-13-27(26)33(19-22-14-16-24(30)17-15-22)38(36,37)25-10-4-3-5-11-25/h3-5,10-11,14-17,21,23,26-27H,6-9,12-13,18-20H2,1-2H3,(H,31,34)/t23?,26-,27-/m1/s1. The lowest BCUT2D eigenvalue weighted by Crippen LogP contribution is -2.56. The Morgan fingerprint density at radius 2 is 1.68 bits per heavy atom. The number of hydrogen-bond acceptors (Lipinski definition) is 4. The largest absolute Gasteiger partial charge is 0.351 e. The SMILES string of the molecule is CC(C)C(=O)N1CCCC(C(=O)N[C@@H]2CCCC[C@H]2N(Cc2ccc(Cl)cc2)S(=O)(=O)c2ccccc2)C1. The van der Waals surface area contributed by atoms with Crippen molar-refractivity contribution < 1.29 is 18.0 Å². The van der Waals surface area contributed by atoms with Crippen molar-refractivity contribution in [3.63, 3.8) is 0 Å². The number of carbonyl (C=O) groups excluding carboxylic acids is 2. The Labute approximate surface area is 231 Å². The number of rotatable bonds is 8. The molecule has 0 radical (unpaired) electrons. The molecule has 4 rings (SSSR count). The monoisotopic (exact) mass is 559 g/mol. The number of piperidine rings is 1. The van der Waals surface area contributed by atoms with Gasteiger partial charge in [-0.3, -0.25) is 9.59 Å². The first-order valence-corrected chi connectivity index (χ1v) is 15.4. The first-order chi connectivity index (χ1) is 18.2. The van der Waals surface area contributed by atoms with E-state index in [9.17, 15) is 18.0 Å². The van der Waals surface area contributed by atoms with Crippen LogP contribution < -0.4 is 5.32 Å². The third kappa shape index (κ3) is 6.77. The highest BCUT2D eigenvalue weighted by Crippen LogP contribution is 2.31. The summed E-state index contributed by atoms with van der Waals surface area (Å²) in [6.07, 6.45) is 4.69. The minimum absolute atomic E-state index is 0.0705. The highest BCUT2D eigenvalue weighted by atomic mass is 35.5. The van der Waals surface area contributed by atoms with Crippen LogP contribution in [-0.2, 0) is 26.2 Å². The fourth-order valence-electron chi connectivity index (χ4n) is 5.56. The van der Waals surface area contributed by atoms with E-state index >= 15 is 0 Å². The average molecular weight is 560 g/mol. The molecule has 0 bridgehead atoms. The Balaban J connectivity index is 1.58. The fourth-order valence-corrected chi connectivity index (χ4v) is 7.39. The molecule has 9 heteroatoms. The molecule has 1 unspecified atom stereocenters. The van der Waals surface area contributed by atoms with E-state index in [0.717, 1.165) is 31.2 Å². The highest BCUT2D eigenvalue weighted by molar-refractivity contribution is 7.89. The van der Waals surface area contributed by atoms with Gasteiger partial charge < -0.3 is 10.2 Å². The molecular formula is C29H38ClN3O4S. The molecular weight excluding hydrogens is 522 g/mol. The molecule has 1 aliphatic carbocycles. The molecule has 38 heavy (non-hydrogen) atoms. The van der Waals surface area contributed by atoms with Crippen LogP contribution in [0.25, 0.3) is 0 Å². The van der Waals surface area contributed by atoms with Crippen molar-refractivity contribution in [1.29, 1.82) is 0 Å². The van der Waals surface area contributed by atoms with E-state index in [0.29, 0.717) is 31.0 Å². The summed E-state index contributed by atoms with van der Waals surface area (Å²) in [6, 6.07) is 15.0. The van der Waals surface area contributed by atoms with E-state index in [1.54, 1.807) is 51.7 Å². The van der Waals surface area contributed by atoms with E-state index in [-0.39, 0.29) is 47.2 Å². The predicted molar refractivity (Wildman–Crippen MR) is 149 cm³/mol. The number of carbonyl (C=O) groups is 2. The molecule has 1 saturated heterocycles. The van der Waals surface area contributed by atoms with E-state index in [1.165, 1.54) is 0 Å². The second-order valence-corrected chi connectivity index (χ2v) is 13.1. The van der Waals surface area contributed by atoms with E-state index < -0.39 is 10.0 Å². The molecule has 1 saturated carbocycles. The van der Waals surface area contributed by atoms with E-state index in [1.807, 2.05) is 26.0 Å². The number of sulfonamides is 1. The van der Waals surface area contributed by atoms with Crippen molar-refractivity contribution in [2.45, 2.75) is 75.9 Å². The Morgan fingerprint density at radius 3 is 2.37 bits per heavy atom. The Hall–Kier alpha value is -2.42. The molecule has 1 aliphatic heterocycles. The molecule has 2 aromatic rings. The molecule has 206 valence electrons. The van der Waals surface area contributed by atoms with Crippen LogP contribution in [0.2, 0.25) is 5.02 Å². The van der Waals surface area contributed by atoms with Crippen molar-refractivity contribution >= 4 is 33.4 Å². The molecule has 2 fully saturated rings. The van der Waals surface area contributed by atoms with Gasteiger partial charge in [-0.1, -0.05) is 68.6 Å². The summed E-state index contributed by atoms with van der Waals surface area (Å²) >= 11 is 6.08. The summed E-state index contributed by atoms with van der Waals surface area (Å²) in [5, 5.41) is 3.81. The maximum Gasteiger partial charge on any atom is 0.243 e. The number of hydrogen-bond donors (Lipinski definition) is 1. The number of halogens is 1. The normalized spacial score (nSPS) is 22.4. The zero-order valence-corrected chi connectivity index (χ0v) is 23.8. The van der Waals surface area contributed by atoms with Crippen molar-refractivity contribution in [3.8, 4) is 0 Å². The van der Waals surface area contributed by atoms with Gasteiger partial charge in [0, 0.05) is 42.7 Å². The summed E-state index contributed by atoms with van der Waals surface area (Å²) in [4.78, 5) is 28.0. The zero-order valence-electron chi connectivity index (χ0n) is 22.2. The average Bonchev–Trinajstić information content (AvgIpc) is 2.93. The van der Waals surface area contributed by atoms with Gasteiger partial charge in [0.1, 0.15) is 0 Å². The van der Waals surface area contributed by atoms with Gasteiger partial charge in [0.25, 0.3) is 0 Å². The summed E-state index contributed by atoms with van der Waals surface area (Å²) in [7, 11) is -3.84. The second-order valence-electron chi connectivity index (χ2n) is 10.7. The number of nitrogens with zero attached hydrogens (tertiary/aromatic N) is 2. The van der Waals surface area contributed by atoms with Crippen LogP contribution in [0.3, 0.4) is 0 Å². The van der Waals surface area contributed by atoms with Crippen LogP contribution in [0.5, 0.6) is 0 Å². The van der Waals surface area contributed by atoms with Crippen molar-refractivity contribution in [2.24, 2.45) is 11.8 Å². The molecule has 2 amide bonds. The molecule has 1 N–H and O–H groups in total. The van der Waals surface area contributed by atoms with Crippen molar-refractivity contribution in [3.05, 3.63) is 65.2 Å². The molecule has 3 atom stereocenters. The maximum absolute atomic E-state index is 14.0. The smallest absolute Gasteiger partial charge is 0.243 e. The first kappa shape index (κ1) is 28.6. The van der Waals surface area contributed by atoms with Crippen LogP contribution in [-0.4, -0.2) is 54.6 Å². The van der Waals surface area contributed by atoms with Gasteiger partial charge in [-0.05, 0) is 55.5 Å². The molecule has 7 nitrogen and oxygen atoms in total. The fraction of sp³-hybridized carbons (Fsp3) is 0.517. The number of nitrogens with one attached hydrogen (secondary N) is 1. The lowest BCUT2D eigenvalue weighted by atomic mass is 9.88. The van der Waals surface area contributed by atoms with Gasteiger partial charge in [-0.2, -0.15) is 4.31 Å². The van der Waals surface area contributed by atoms with E-state index in [4.69, 9.17) is 11.6 Å². The maximum atomic E-state index is 14.0. The molecule has 2 aromatic carbocycles. The minimum Gasteiger partial charge on any atom is -0.351 e. The van der Waals surface area contributed by atoms with Gasteiger partial charge in [-0.15, -0.1) is 0 Å². The summed E-state index contributed by atoms with van der Waals surface area (Å²) in [5.41, 5.74) is 0.833. The zero-order chi connectivity index (χ0) is 27.3. The third-order valence-corrected chi connectivity index (χ3v) is 9.76. The van der Waals surface area contributed by atoms with Crippen LogP contribution in [0.1, 0.15) is 57.9 Å². The second kappa shape index (κ2) is 12.6. The summed E-state index contributed by atoms with van der Waals surface area (Å²) < 4.78 is 29.5. The minimum atomic E-state index is -3.84. The van der Waals surface area contributed by atoms with Gasteiger partial charge in [0.05, 0.1) is 10.8 Å². The highest BCUT2D eigenvalue weighted by Gasteiger charge is 2.39.